The number of imidazole rings is 1. The molecule has 1 aliphatic rings. The lowest BCUT2D eigenvalue weighted by molar-refractivity contribution is 0.587. The fraction of sp³-hybridized carbons (Fsp3) is 0.182. The lowest BCUT2D eigenvalue weighted by atomic mass is 10.1. The Morgan fingerprint density at radius 2 is 2.00 bits per heavy atom. The van der Waals surface area contributed by atoms with Gasteiger partial charge in [0.1, 0.15) is 17.4 Å². The van der Waals surface area contributed by atoms with Gasteiger partial charge in [-0.05, 0) is 24.6 Å². The number of aromatic nitrogens is 7. The maximum absolute atomic E-state index is 13.6. The minimum atomic E-state index is -0.400. The molecule has 0 amide bonds. The molecule has 1 N–H and O–H groups in total. The summed E-state index contributed by atoms with van der Waals surface area (Å²) in [6.07, 6.45) is 5.16. The standard InChI is InChI=1S/C22H16ClN9O/c23-15-6-7-31-18(15)22(33)32(14-4-2-1-3-5-14)20(29-31)16-8-13(9-24)10-30(16)21-17-19(26-11-25-17)27-12-28-21/h1-7,11-13,16H,8,10H2,(H,25,26,27,28)/t13-,16-/m0/s1. The molecule has 0 bridgehead atoms. The number of anilines is 1. The zero-order chi connectivity index (χ0) is 22.5. The van der Waals surface area contributed by atoms with Crippen LogP contribution in [0.1, 0.15) is 18.3 Å². The summed E-state index contributed by atoms with van der Waals surface area (Å²) in [7, 11) is 0. The van der Waals surface area contributed by atoms with Crippen molar-refractivity contribution in [1.82, 2.24) is 34.1 Å². The summed E-state index contributed by atoms with van der Waals surface area (Å²) < 4.78 is 3.07. The summed E-state index contributed by atoms with van der Waals surface area (Å²) >= 11 is 6.32. The van der Waals surface area contributed by atoms with E-state index in [1.807, 2.05) is 35.2 Å². The van der Waals surface area contributed by atoms with Gasteiger partial charge in [-0.3, -0.25) is 9.36 Å². The fourth-order valence-corrected chi connectivity index (χ4v) is 4.68. The number of aromatic amines is 1. The first-order valence-electron chi connectivity index (χ1n) is 10.3. The summed E-state index contributed by atoms with van der Waals surface area (Å²) in [5, 5.41) is 14.9. The van der Waals surface area contributed by atoms with Crippen molar-refractivity contribution in [2.45, 2.75) is 12.5 Å². The van der Waals surface area contributed by atoms with Crippen LogP contribution >= 0.6 is 11.6 Å². The van der Waals surface area contributed by atoms with Crippen LogP contribution in [0.15, 0.2) is 60.0 Å². The van der Waals surface area contributed by atoms with Gasteiger partial charge in [0, 0.05) is 12.7 Å². The predicted molar refractivity (Wildman–Crippen MR) is 121 cm³/mol. The second-order valence-corrected chi connectivity index (χ2v) is 8.23. The number of benzene rings is 1. The summed E-state index contributed by atoms with van der Waals surface area (Å²) in [6, 6.07) is 12.9. The molecule has 11 heteroatoms. The molecular weight excluding hydrogens is 442 g/mol. The van der Waals surface area contributed by atoms with Crippen molar-refractivity contribution in [3.05, 3.63) is 76.5 Å². The first-order chi connectivity index (χ1) is 16.2. The van der Waals surface area contributed by atoms with Gasteiger partial charge in [-0.15, -0.1) is 0 Å². The molecule has 6 rings (SSSR count). The lowest BCUT2D eigenvalue weighted by Crippen LogP contribution is -2.33. The van der Waals surface area contributed by atoms with E-state index in [0.717, 1.165) is 0 Å². The number of H-pyrrole nitrogens is 1. The smallest absolute Gasteiger partial charge is 0.284 e. The van der Waals surface area contributed by atoms with Crippen molar-refractivity contribution in [1.29, 1.82) is 5.26 Å². The van der Waals surface area contributed by atoms with Crippen LogP contribution in [-0.2, 0) is 0 Å². The third kappa shape index (κ3) is 2.97. The highest BCUT2D eigenvalue weighted by atomic mass is 35.5. The highest BCUT2D eigenvalue weighted by Crippen LogP contribution is 2.39. The van der Waals surface area contributed by atoms with Gasteiger partial charge in [0.05, 0.1) is 35.1 Å². The molecule has 162 valence electrons. The predicted octanol–water partition coefficient (Wildman–Crippen LogP) is 2.90. The number of nitrogens with zero attached hydrogens (tertiary/aromatic N) is 8. The molecule has 0 aliphatic carbocycles. The zero-order valence-corrected chi connectivity index (χ0v) is 17.9. The van der Waals surface area contributed by atoms with Crippen LogP contribution in [0.5, 0.6) is 0 Å². The van der Waals surface area contributed by atoms with E-state index in [9.17, 15) is 10.1 Å². The maximum Gasteiger partial charge on any atom is 0.284 e. The number of hydrogen-bond acceptors (Lipinski definition) is 7. The average molecular weight is 458 g/mol. The van der Waals surface area contributed by atoms with E-state index in [1.54, 1.807) is 23.2 Å². The molecule has 5 aromatic rings. The maximum atomic E-state index is 13.6. The molecule has 1 saturated heterocycles. The molecule has 0 saturated carbocycles. The minimum absolute atomic E-state index is 0.274. The monoisotopic (exact) mass is 457 g/mol. The SMILES string of the molecule is N#C[C@@H]1C[C@@H](c2nn3ccc(Cl)c3c(=O)n2-c2ccccc2)N(c2ncnc3[nH]cnc23)C1. The summed E-state index contributed by atoms with van der Waals surface area (Å²) in [4.78, 5) is 31.7. The molecule has 33 heavy (non-hydrogen) atoms. The van der Waals surface area contributed by atoms with Gasteiger partial charge in [-0.2, -0.15) is 10.4 Å². The van der Waals surface area contributed by atoms with Crippen molar-refractivity contribution < 1.29 is 0 Å². The number of hydrogen-bond donors (Lipinski definition) is 1. The molecule has 5 heterocycles. The van der Waals surface area contributed by atoms with Gasteiger partial charge < -0.3 is 9.88 Å². The molecule has 0 radical (unpaired) electrons. The Labute approximate surface area is 191 Å². The normalized spacial score (nSPS) is 18.2. The zero-order valence-electron chi connectivity index (χ0n) is 17.1. The molecule has 4 aromatic heterocycles. The van der Waals surface area contributed by atoms with Crippen molar-refractivity contribution in [2.24, 2.45) is 5.92 Å². The Morgan fingerprint density at radius 1 is 1.15 bits per heavy atom. The number of rotatable bonds is 3. The van der Waals surface area contributed by atoms with Crippen LogP contribution in [0, 0.1) is 17.2 Å². The highest BCUT2D eigenvalue weighted by molar-refractivity contribution is 6.33. The molecule has 10 nitrogen and oxygen atoms in total. The van der Waals surface area contributed by atoms with Crippen molar-refractivity contribution in [3.63, 3.8) is 0 Å². The molecule has 0 unspecified atom stereocenters. The second-order valence-electron chi connectivity index (χ2n) is 7.82. The molecule has 1 aliphatic heterocycles. The Hall–Kier alpha value is -4.23. The lowest BCUT2D eigenvalue weighted by Gasteiger charge is -2.27. The van der Waals surface area contributed by atoms with Gasteiger partial charge in [0.15, 0.2) is 17.3 Å². The Morgan fingerprint density at radius 3 is 2.82 bits per heavy atom. The summed E-state index contributed by atoms with van der Waals surface area (Å²) in [5.74, 6) is 0.804. The number of fused-ring (bicyclic) bond motifs is 2. The average Bonchev–Trinajstić information content (AvgIpc) is 3.57. The quantitative estimate of drug-likeness (QED) is 0.442. The molecule has 1 aromatic carbocycles. The van der Waals surface area contributed by atoms with E-state index in [4.69, 9.17) is 16.7 Å². The van der Waals surface area contributed by atoms with Gasteiger partial charge in [0.2, 0.25) is 0 Å². The molecule has 0 spiro atoms. The third-order valence-electron chi connectivity index (χ3n) is 5.93. The fourth-order valence-electron chi connectivity index (χ4n) is 4.46. The Kier molecular flexibility index (Phi) is 4.38. The molecule has 2 atom stereocenters. The van der Waals surface area contributed by atoms with Crippen LogP contribution in [0.3, 0.4) is 0 Å². The summed E-state index contributed by atoms with van der Waals surface area (Å²) in [5.41, 5.74) is 1.87. The van der Waals surface area contributed by atoms with Crippen molar-refractivity contribution in [2.75, 3.05) is 11.4 Å². The van der Waals surface area contributed by atoms with Gasteiger partial charge in [0.25, 0.3) is 5.56 Å². The molecular formula is C22H16ClN9O. The van der Waals surface area contributed by atoms with E-state index in [1.165, 1.54) is 10.8 Å². The third-order valence-corrected chi connectivity index (χ3v) is 6.23. The minimum Gasteiger partial charge on any atom is -0.343 e. The Balaban J connectivity index is 1.62. The van der Waals surface area contributed by atoms with Crippen LogP contribution in [0.2, 0.25) is 5.02 Å². The number of nitriles is 1. The molecule has 1 fully saturated rings. The van der Waals surface area contributed by atoms with Crippen LogP contribution in [0.4, 0.5) is 5.82 Å². The van der Waals surface area contributed by atoms with Crippen LogP contribution in [0.25, 0.3) is 22.4 Å². The van der Waals surface area contributed by atoms with Gasteiger partial charge >= 0.3 is 0 Å². The van der Waals surface area contributed by atoms with E-state index < -0.39 is 6.04 Å². The van der Waals surface area contributed by atoms with E-state index in [2.05, 4.69) is 26.0 Å². The number of halogens is 1. The first kappa shape index (κ1) is 19.5. The number of para-hydroxylation sites is 1. The summed E-state index contributed by atoms with van der Waals surface area (Å²) in [6.45, 7) is 0.426. The topological polar surface area (TPSA) is 121 Å². The van der Waals surface area contributed by atoms with Crippen molar-refractivity contribution in [3.8, 4) is 11.8 Å². The van der Waals surface area contributed by atoms with Gasteiger partial charge in [-0.25, -0.2) is 19.5 Å². The van der Waals surface area contributed by atoms with Crippen LogP contribution < -0.4 is 10.5 Å². The van der Waals surface area contributed by atoms with E-state index in [0.29, 0.717) is 52.0 Å². The second kappa shape index (κ2) is 7.43. The van der Waals surface area contributed by atoms with E-state index in [-0.39, 0.29) is 11.5 Å². The highest BCUT2D eigenvalue weighted by Gasteiger charge is 2.39. The van der Waals surface area contributed by atoms with E-state index >= 15 is 0 Å². The Bertz CT molecular complexity index is 1600. The van der Waals surface area contributed by atoms with Crippen LogP contribution in [-0.4, -0.2) is 40.7 Å². The van der Waals surface area contributed by atoms with Crippen molar-refractivity contribution >= 4 is 34.1 Å². The van der Waals surface area contributed by atoms with Gasteiger partial charge in [-0.1, -0.05) is 29.8 Å². The number of nitrogens with one attached hydrogen (secondary N) is 1. The largest absolute Gasteiger partial charge is 0.343 e. The first-order valence-corrected chi connectivity index (χ1v) is 10.7.